The summed E-state index contributed by atoms with van der Waals surface area (Å²) in [6.07, 6.45) is 20.0. The molecule has 0 aliphatic heterocycles. The van der Waals surface area contributed by atoms with Crippen molar-refractivity contribution in [1.82, 2.24) is 5.32 Å². The molecule has 0 aromatic heterocycles. The molecule has 0 fully saturated rings. The molecule has 0 saturated heterocycles. The van der Waals surface area contributed by atoms with Gasteiger partial charge in [0.1, 0.15) is 0 Å². The van der Waals surface area contributed by atoms with Crippen LogP contribution in [0.3, 0.4) is 0 Å². The Morgan fingerprint density at radius 3 is 1.54 bits per heavy atom. The third-order valence-electron chi connectivity index (χ3n) is 4.37. The molecule has 0 saturated carbocycles. The van der Waals surface area contributed by atoms with Crippen LogP contribution in [0.25, 0.3) is 0 Å². The van der Waals surface area contributed by atoms with Crippen molar-refractivity contribution in [3.8, 4) is 0 Å². The lowest BCUT2D eigenvalue weighted by atomic mass is 10.0. The first-order valence-corrected chi connectivity index (χ1v) is 11.7. The topological polar surface area (TPSA) is 24.4 Å². The predicted octanol–water partition coefficient (Wildman–Crippen LogP) is 7.19. The second-order valence-corrected chi connectivity index (χ2v) is 7.84. The third-order valence-corrected chi connectivity index (χ3v) is 5.41. The number of amidine groups is 1. The zero-order valence-corrected chi connectivity index (χ0v) is 17.7. The SMILES string of the molecule is CCCCCCCCCCCCCCCCSC(=NCC)NCC. The Bertz CT molecular complexity index is 267. The summed E-state index contributed by atoms with van der Waals surface area (Å²) in [6.45, 7) is 8.39. The molecule has 0 radical (unpaired) electrons. The molecule has 0 amide bonds. The van der Waals surface area contributed by atoms with Crippen LogP contribution in [0.15, 0.2) is 4.99 Å². The lowest BCUT2D eigenvalue weighted by molar-refractivity contribution is 0.538. The van der Waals surface area contributed by atoms with Crippen molar-refractivity contribution in [3.05, 3.63) is 0 Å². The van der Waals surface area contributed by atoms with Crippen molar-refractivity contribution in [2.45, 2.75) is 111 Å². The molecule has 0 aliphatic rings. The Hall–Kier alpha value is -0.180. The van der Waals surface area contributed by atoms with Gasteiger partial charge in [0.15, 0.2) is 5.17 Å². The summed E-state index contributed by atoms with van der Waals surface area (Å²) in [6, 6.07) is 0. The van der Waals surface area contributed by atoms with Crippen LogP contribution < -0.4 is 5.32 Å². The normalized spacial score (nSPS) is 11.9. The van der Waals surface area contributed by atoms with Gasteiger partial charge in [-0.25, -0.2) is 0 Å². The van der Waals surface area contributed by atoms with Crippen LogP contribution in [0.1, 0.15) is 111 Å². The minimum absolute atomic E-state index is 0.883. The average Bonchev–Trinajstić information content (AvgIpc) is 2.58. The lowest BCUT2D eigenvalue weighted by Gasteiger charge is -2.07. The summed E-state index contributed by atoms with van der Waals surface area (Å²) in [7, 11) is 0. The van der Waals surface area contributed by atoms with E-state index in [-0.39, 0.29) is 0 Å². The molecule has 0 spiro atoms. The van der Waals surface area contributed by atoms with Gasteiger partial charge in [0.05, 0.1) is 0 Å². The molecule has 2 nitrogen and oxygen atoms in total. The van der Waals surface area contributed by atoms with Crippen molar-refractivity contribution >= 4 is 16.9 Å². The van der Waals surface area contributed by atoms with Crippen LogP contribution in [0.5, 0.6) is 0 Å². The van der Waals surface area contributed by atoms with Gasteiger partial charge in [-0.1, -0.05) is 102 Å². The largest absolute Gasteiger partial charge is 0.365 e. The Morgan fingerprint density at radius 2 is 1.12 bits per heavy atom. The van der Waals surface area contributed by atoms with Gasteiger partial charge in [-0.3, -0.25) is 4.99 Å². The van der Waals surface area contributed by atoms with Crippen LogP contribution in [-0.4, -0.2) is 24.0 Å². The minimum Gasteiger partial charge on any atom is -0.365 e. The highest BCUT2D eigenvalue weighted by molar-refractivity contribution is 8.13. The number of rotatable bonds is 17. The van der Waals surface area contributed by atoms with Crippen LogP contribution in [-0.2, 0) is 0 Å². The molecule has 24 heavy (non-hydrogen) atoms. The molecule has 144 valence electrons. The van der Waals surface area contributed by atoms with Gasteiger partial charge < -0.3 is 5.32 Å². The fourth-order valence-corrected chi connectivity index (χ4v) is 3.92. The molecule has 0 aromatic rings. The first-order valence-electron chi connectivity index (χ1n) is 10.8. The van der Waals surface area contributed by atoms with E-state index in [1.54, 1.807) is 0 Å². The number of thioether (sulfide) groups is 1. The number of hydrogen-bond donors (Lipinski definition) is 1. The second-order valence-electron chi connectivity index (χ2n) is 6.75. The number of aliphatic imine (C=N–C) groups is 1. The molecule has 0 atom stereocenters. The summed E-state index contributed by atoms with van der Waals surface area (Å²) < 4.78 is 0. The van der Waals surface area contributed by atoms with E-state index in [0.29, 0.717) is 0 Å². The fourth-order valence-electron chi connectivity index (χ4n) is 2.91. The zero-order valence-electron chi connectivity index (χ0n) is 16.9. The van der Waals surface area contributed by atoms with Gasteiger partial charge in [-0.15, -0.1) is 0 Å². The van der Waals surface area contributed by atoms with Gasteiger partial charge in [-0.2, -0.15) is 0 Å². The van der Waals surface area contributed by atoms with Crippen LogP contribution >= 0.6 is 11.8 Å². The van der Waals surface area contributed by atoms with E-state index in [1.165, 1.54) is 95.6 Å². The van der Waals surface area contributed by atoms with Crippen molar-refractivity contribution in [1.29, 1.82) is 0 Å². The fraction of sp³-hybridized carbons (Fsp3) is 0.952. The van der Waals surface area contributed by atoms with Gasteiger partial charge >= 0.3 is 0 Å². The van der Waals surface area contributed by atoms with Crippen LogP contribution in [0.2, 0.25) is 0 Å². The number of nitrogens with one attached hydrogen (secondary N) is 1. The second kappa shape index (κ2) is 20.9. The van der Waals surface area contributed by atoms with Crippen molar-refractivity contribution < 1.29 is 0 Å². The van der Waals surface area contributed by atoms with E-state index in [2.05, 4.69) is 31.1 Å². The molecule has 0 bridgehead atoms. The third kappa shape index (κ3) is 18.2. The highest BCUT2D eigenvalue weighted by Gasteiger charge is 1.98. The van der Waals surface area contributed by atoms with E-state index in [9.17, 15) is 0 Å². The van der Waals surface area contributed by atoms with E-state index in [1.807, 2.05) is 11.8 Å². The van der Waals surface area contributed by atoms with Gasteiger partial charge in [0, 0.05) is 18.8 Å². The van der Waals surface area contributed by atoms with Crippen LogP contribution in [0.4, 0.5) is 0 Å². The Labute approximate surface area is 157 Å². The first kappa shape index (κ1) is 23.8. The summed E-state index contributed by atoms with van der Waals surface area (Å²) >= 11 is 1.89. The Balaban J connectivity index is 3.18. The summed E-state index contributed by atoms with van der Waals surface area (Å²) in [5.41, 5.74) is 0. The van der Waals surface area contributed by atoms with Gasteiger partial charge in [-0.05, 0) is 20.3 Å². The molecule has 0 heterocycles. The van der Waals surface area contributed by atoms with E-state index >= 15 is 0 Å². The maximum Gasteiger partial charge on any atom is 0.156 e. The zero-order chi connectivity index (χ0) is 17.7. The maximum atomic E-state index is 4.49. The first-order chi connectivity index (χ1) is 11.8. The Morgan fingerprint density at radius 1 is 0.667 bits per heavy atom. The summed E-state index contributed by atoms with van der Waals surface area (Å²) in [4.78, 5) is 4.49. The summed E-state index contributed by atoms with van der Waals surface area (Å²) in [5.74, 6) is 1.21. The molecular formula is C21H44N2S. The molecule has 1 N–H and O–H groups in total. The molecule has 0 unspecified atom stereocenters. The van der Waals surface area contributed by atoms with E-state index < -0.39 is 0 Å². The van der Waals surface area contributed by atoms with E-state index in [4.69, 9.17) is 0 Å². The summed E-state index contributed by atoms with van der Waals surface area (Å²) in [5, 5.41) is 4.48. The van der Waals surface area contributed by atoms with Crippen LogP contribution in [0, 0.1) is 0 Å². The number of hydrogen-bond acceptors (Lipinski definition) is 2. The number of unbranched alkanes of at least 4 members (excludes halogenated alkanes) is 13. The lowest BCUT2D eigenvalue weighted by Crippen LogP contribution is -2.20. The molecule has 0 aliphatic carbocycles. The highest BCUT2D eigenvalue weighted by atomic mass is 32.2. The minimum atomic E-state index is 0.883. The standard InChI is InChI=1S/C21H44N2S/c1-4-7-8-9-10-11-12-13-14-15-16-17-18-19-20-24-21(22-5-2)23-6-3/h4-20H2,1-3H3,(H,22,23). The number of nitrogens with zero attached hydrogens (tertiary/aromatic N) is 1. The quantitative estimate of drug-likeness (QED) is 0.169. The van der Waals surface area contributed by atoms with Crippen molar-refractivity contribution in [2.24, 2.45) is 4.99 Å². The van der Waals surface area contributed by atoms with Gasteiger partial charge in [0.25, 0.3) is 0 Å². The predicted molar refractivity (Wildman–Crippen MR) is 114 cm³/mol. The maximum absolute atomic E-state index is 4.49. The van der Waals surface area contributed by atoms with Crippen molar-refractivity contribution in [2.75, 3.05) is 18.8 Å². The smallest absolute Gasteiger partial charge is 0.156 e. The van der Waals surface area contributed by atoms with Crippen molar-refractivity contribution in [3.63, 3.8) is 0 Å². The molecule has 0 aromatic carbocycles. The monoisotopic (exact) mass is 356 g/mol. The molecule has 0 rings (SSSR count). The average molecular weight is 357 g/mol. The van der Waals surface area contributed by atoms with Gasteiger partial charge in [0.2, 0.25) is 0 Å². The molecule has 3 heteroatoms. The molecular weight excluding hydrogens is 312 g/mol. The highest BCUT2D eigenvalue weighted by Crippen LogP contribution is 2.14. The Kier molecular flexibility index (Phi) is 20.7. The van der Waals surface area contributed by atoms with E-state index in [0.717, 1.165) is 18.3 Å².